The molecule has 0 radical (unpaired) electrons. The molecule has 2 N–H and O–H groups in total. The number of carbonyl (C=O) groups excluding carboxylic acids is 3. The number of hydrogen-bond acceptors (Lipinski definition) is 5. The molecule has 1 aromatic heterocycles. The van der Waals surface area contributed by atoms with Crippen molar-refractivity contribution in [3.8, 4) is 0 Å². The molecule has 3 aliphatic rings. The molecule has 2 unspecified atom stereocenters. The number of rotatable bonds is 4. The molecule has 3 amide bonds. The molecule has 1 spiro atoms. The van der Waals surface area contributed by atoms with Gasteiger partial charge in [-0.1, -0.05) is 42.5 Å². The normalized spacial score (nSPS) is 23.5. The van der Waals surface area contributed by atoms with Crippen LogP contribution in [0.15, 0.2) is 66.9 Å². The van der Waals surface area contributed by atoms with E-state index in [-0.39, 0.29) is 30.3 Å². The van der Waals surface area contributed by atoms with Crippen molar-refractivity contribution >= 4 is 29.2 Å². The minimum Gasteiger partial charge on any atom is -0.363 e. The Morgan fingerprint density at radius 1 is 1.08 bits per heavy atom. The van der Waals surface area contributed by atoms with E-state index in [0.29, 0.717) is 31.0 Å². The van der Waals surface area contributed by atoms with Crippen LogP contribution in [0.3, 0.4) is 0 Å². The minimum atomic E-state index is -1.000. The molecule has 2 aliphatic heterocycles. The molecule has 1 saturated heterocycles. The predicted octanol–water partition coefficient (Wildman–Crippen LogP) is 3.39. The second-order valence-corrected chi connectivity index (χ2v) is 10.5. The standard InChI is InChI=1S/C29H28N4O4/c1-28(2)27(36)33(23(17-37-28)18-7-4-3-5-8-18)16-24(34)31-21-11-10-19-14-29(15-20(19)13-21)22-9-6-12-30-25(22)32-26(29)35/h3-13,23H,14-17H2,1-2H3,(H,31,34)(H,30,32,35). The van der Waals surface area contributed by atoms with E-state index in [1.165, 1.54) is 0 Å². The van der Waals surface area contributed by atoms with Crippen molar-refractivity contribution in [1.29, 1.82) is 0 Å². The molecule has 2 aromatic carbocycles. The average Bonchev–Trinajstić information content (AvgIpc) is 3.40. The summed E-state index contributed by atoms with van der Waals surface area (Å²) in [5.74, 6) is 0.0780. The number of anilines is 2. The summed E-state index contributed by atoms with van der Waals surface area (Å²) >= 11 is 0. The first-order chi connectivity index (χ1) is 17.8. The van der Waals surface area contributed by atoms with Gasteiger partial charge >= 0.3 is 0 Å². The van der Waals surface area contributed by atoms with Gasteiger partial charge in [-0.2, -0.15) is 0 Å². The number of carbonyl (C=O) groups is 3. The first-order valence-electron chi connectivity index (χ1n) is 12.5. The zero-order chi connectivity index (χ0) is 25.8. The Morgan fingerprint density at radius 3 is 2.68 bits per heavy atom. The third kappa shape index (κ3) is 3.88. The Kier molecular flexibility index (Phi) is 5.38. The maximum atomic E-state index is 13.2. The summed E-state index contributed by atoms with van der Waals surface area (Å²) < 4.78 is 5.84. The Morgan fingerprint density at radius 2 is 1.86 bits per heavy atom. The SMILES string of the molecule is CC1(C)OCC(c2ccccc2)N(CC(=O)Nc2ccc3c(c2)CC2(C3)C(=O)Nc3ncccc32)C1=O. The molecule has 8 heteroatoms. The van der Waals surface area contributed by atoms with Gasteiger partial charge in [0, 0.05) is 17.4 Å². The van der Waals surface area contributed by atoms with Gasteiger partial charge in [-0.3, -0.25) is 14.4 Å². The fourth-order valence-electron chi connectivity index (χ4n) is 5.76. The molecule has 1 aliphatic carbocycles. The van der Waals surface area contributed by atoms with Crippen LogP contribution in [0.1, 0.15) is 42.1 Å². The summed E-state index contributed by atoms with van der Waals surface area (Å²) in [5, 5.41) is 5.88. The number of nitrogens with one attached hydrogen (secondary N) is 2. The molecule has 6 rings (SSSR count). The number of nitrogens with zero attached hydrogens (tertiary/aromatic N) is 2. The molecule has 37 heavy (non-hydrogen) atoms. The quantitative estimate of drug-likeness (QED) is 0.577. The van der Waals surface area contributed by atoms with E-state index in [9.17, 15) is 14.4 Å². The molecular weight excluding hydrogens is 468 g/mol. The number of benzene rings is 2. The van der Waals surface area contributed by atoms with Crippen LogP contribution >= 0.6 is 0 Å². The lowest BCUT2D eigenvalue weighted by Gasteiger charge is -2.42. The maximum Gasteiger partial charge on any atom is 0.255 e. The van der Waals surface area contributed by atoms with Crippen LogP contribution in [-0.4, -0.2) is 46.4 Å². The lowest BCUT2D eigenvalue weighted by atomic mass is 9.79. The lowest BCUT2D eigenvalue weighted by molar-refractivity contribution is -0.175. The highest BCUT2D eigenvalue weighted by molar-refractivity contribution is 6.06. The van der Waals surface area contributed by atoms with Gasteiger partial charge in [0.25, 0.3) is 5.91 Å². The van der Waals surface area contributed by atoms with Crippen LogP contribution in [-0.2, 0) is 37.4 Å². The van der Waals surface area contributed by atoms with Gasteiger partial charge in [-0.05, 0) is 61.6 Å². The molecule has 188 valence electrons. The van der Waals surface area contributed by atoms with E-state index in [1.807, 2.05) is 60.7 Å². The number of ether oxygens (including phenoxy) is 1. The van der Waals surface area contributed by atoms with Crippen molar-refractivity contribution in [1.82, 2.24) is 9.88 Å². The average molecular weight is 497 g/mol. The monoisotopic (exact) mass is 496 g/mol. The number of fused-ring (bicyclic) bond motifs is 3. The van der Waals surface area contributed by atoms with Crippen molar-refractivity contribution in [2.75, 3.05) is 23.8 Å². The number of amides is 3. The molecule has 1 fully saturated rings. The topological polar surface area (TPSA) is 101 Å². The summed E-state index contributed by atoms with van der Waals surface area (Å²) in [5.41, 5.74) is 2.93. The Labute approximate surface area is 215 Å². The highest BCUT2D eigenvalue weighted by atomic mass is 16.5. The number of aromatic nitrogens is 1. The largest absolute Gasteiger partial charge is 0.363 e. The summed E-state index contributed by atoms with van der Waals surface area (Å²) in [6.45, 7) is 3.68. The molecule has 8 nitrogen and oxygen atoms in total. The van der Waals surface area contributed by atoms with Crippen molar-refractivity contribution in [3.63, 3.8) is 0 Å². The van der Waals surface area contributed by atoms with Crippen LogP contribution in [0.5, 0.6) is 0 Å². The number of morpholine rings is 1. The first kappa shape index (κ1) is 23.4. The second kappa shape index (κ2) is 8.52. The minimum absolute atomic E-state index is 0.0385. The summed E-state index contributed by atoms with van der Waals surface area (Å²) in [6.07, 6.45) is 2.82. The van der Waals surface area contributed by atoms with Crippen LogP contribution in [0.2, 0.25) is 0 Å². The molecule has 2 atom stereocenters. The van der Waals surface area contributed by atoms with Crippen LogP contribution in [0.4, 0.5) is 11.5 Å². The van der Waals surface area contributed by atoms with Gasteiger partial charge in [0.1, 0.15) is 18.0 Å². The first-order valence-corrected chi connectivity index (χ1v) is 12.5. The lowest BCUT2D eigenvalue weighted by Crippen LogP contribution is -2.56. The van der Waals surface area contributed by atoms with Gasteiger partial charge in [-0.15, -0.1) is 0 Å². The summed E-state index contributed by atoms with van der Waals surface area (Å²) in [6, 6.07) is 18.8. The fraction of sp³-hybridized carbons (Fsp3) is 0.310. The fourth-order valence-corrected chi connectivity index (χ4v) is 5.76. The number of hydrogen-bond donors (Lipinski definition) is 2. The van der Waals surface area contributed by atoms with E-state index in [2.05, 4.69) is 15.6 Å². The smallest absolute Gasteiger partial charge is 0.255 e. The Bertz CT molecular complexity index is 1420. The van der Waals surface area contributed by atoms with E-state index >= 15 is 0 Å². The van der Waals surface area contributed by atoms with Gasteiger partial charge < -0.3 is 20.3 Å². The van der Waals surface area contributed by atoms with E-state index in [0.717, 1.165) is 22.3 Å². The van der Waals surface area contributed by atoms with Crippen molar-refractivity contribution in [2.45, 2.75) is 43.7 Å². The number of pyridine rings is 1. The van der Waals surface area contributed by atoms with Crippen LogP contribution in [0.25, 0.3) is 0 Å². The zero-order valence-corrected chi connectivity index (χ0v) is 20.8. The molecule has 0 saturated carbocycles. The van der Waals surface area contributed by atoms with Gasteiger partial charge in [0.15, 0.2) is 0 Å². The highest BCUT2D eigenvalue weighted by Crippen LogP contribution is 2.47. The summed E-state index contributed by atoms with van der Waals surface area (Å²) in [7, 11) is 0. The Hall–Kier alpha value is -4.04. The van der Waals surface area contributed by atoms with Crippen molar-refractivity contribution in [2.24, 2.45) is 0 Å². The van der Waals surface area contributed by atoms with Crippen molar-refractivity contribution < 1.29 is 19.1 Å². The van der Waals surface area contributed by atoms with E-state index in [4.69, 9.17) is 4.74 Å². The van der Waals surface area contributed by atoms with E-state index in [1.54, 1.807) is 24.9 Å². The van der Waals surface area contributed by atoms with Gasteiger partial charge in [0.2, 0.25) is 11.8 Å². The predicted molar refractivity (Wildman–Crippen MR) is 138 cm³/mol. The molecular formula is C29H28N4O4. The molecule has 0 bridgehead atoms. The van der Waals surface area contributed by atoms with Crippen LogP contribution in [0, 0.1) is 0 Å². The molecule has 3 heterocycles. The van der Waals surface area contributed by atoms with Gasteiger partial charge in [0.05, 0.1) is 18.1 Å². The maximum absolute atomic E-state index is 13.2. The second-order valence-electron chi connectivity index (χ2n) is 10.5. The van der Waals surface area contributed by atoms with Crippen LogP contribution < -0.4 is 10.6 Å². The Balaban J connectivity index is 1.20. The van der Waals surface area contributed by atoms with Crippen molar-refractivity contribution in [3.05, 3.63) is 89.1 Å². The summed E-state index contributed by atoms with van der Waals surface area (Å²) in [4.78, 5) is 45.3. The van der Waals surface area contributed by atoms with E-state index < -0.39 is 11.0 Å². The van der Waals surface area contributed by atoms with Gasteiger partial charge in [-0.25, -0.2) is 4.98 Å². The zero-order valence-electron chi connectivity index (χ0n) is 20.8. The third-order valence-electron chi connectivity index (χ3n) is 7.72. The highest BCUT2D eigenvalue weighted by Gasteiger charge is 2.51. The third-order valence-corrected chi connectivity index (χ3v) is 7.72. The molecule has 3 aromatic rings.